The molecule has 1 saturated carbocycles. The monoisotopic (exact) mass is 463 g/mol. The summed E-state index contributed by atoms with van der Waals surface area (Å²) in [7, 11) is 2.01. The van der Waals surface area contributed by atoms with Gasteiger partial charge in [0.05, 0.1) is 23.2 Å². The Bertz CT molecular complexity index is 1230. The molecule has 1 aromatic heterocycles. The van der Waals surface area contributed by atoms with Gasteiger partial charge in [0.25, 0.3) is 5.91 Å². The molecule has 178 valence electrons. The van der Waals surface area contributed by atoms with E-state index in [4.69, 9.17) is 19.2 Å². The largest absolute Gasteiger partial charge is 0.486 e. The molecule has 2 heterocycles. The van der Waals surface area contributed by atoms with E-state index in [0.29, 0.717) is 42.4 Å². The predicted octanol–water partition coefficient (Wildman–Crippen LogP) is 3.98. The Morgan fingerprint density at radius 1 is 1.09 bits per heavy atom. The lowest BCUT2D eigenvalue weighted by Gasteiger charge is -2.29. The second-order valence-corrected chi connectivity index (χ2v) is 8.85. The molecule has 1 aliphatic heterocycles. The Morgan fingerprint density at radius 3 is 2.71 bits per heavy atom. The number of benzene rings is 2. The molecular formula is C26H29N3O5. The highest BCUT2D eigenvalue weighted by molar-refractivity contribution is 5.95. The molecule has 8 heteroatoms. The molecule has 1 N–H and O–H groups in total. The molecule has 2 aliphatic rings. The van der Waals surface area contributed by atoms with Gasteiger partial charge in [-0.25, -0.2) is 9.78 Å². The maximum Gasteiger partial charge on any atom is 0.338 e. The fourth-order valence-corrected chi connectivity index (χ4v) is 4.93. The van der Waals surface area contributed by atoms with Crippen molar-refractivity contribution in [3.63, 3.8) is 0 Å². The quantitative estimate of drug-likeness (QED) is 0.576. The van der Waals surface area contributed by atoms with Gasteiger partial charge in [0, 0.05) is 24.6 Å². The normalized spacial score (nSPS) is 19.6. The number of aryl methyl sites for hydroxylation is 1. The number of imidazole rings is 1. The van der Waals surface area contributed by atoms with Crippen molar-refractivity contribution in [2.45, 2.75) is 44.6 Å². The zero-order valence-electron chi connectivity index (χ0n) is 19.5. The van der Waals surface area contributed by atoms with Crippen LogP contribution in [-0.2, 0) is 11.8 Å². The Morgan fingerprint density at radius 2 is 1.88 bits per heavy atom. The third kappa shape index (κ3) is 4.32. The smallest absolute Gasteiger partial charge is 0.338 e. The van der Waals surface area contributed by atoms with Gasteiger partial charge in [-0.1, -0.05) is 6.42 Å². The van der Waals surface area contributed by atoms with Crippen molar-refractivity contribution in [3.05, 3.63) is 53.3 Å². The first-order valence-corrected chi connectivity index (χ1v) is 11.9. The summed E-state index contributed by atoms with van der Waals surface area (Å²) in [6.07, 6.45) is 3.77. The van der Waals surface area contributed by atoms with Crippen LogP contribution >= 0.6 is 0 Å². The average Bonchev–Trinajstić information content (AvgIpc) is 3.19. The van der Waals surface area contributed by atoms with E-state index in [1.807, 2.05) is 13.1 Å². The van der Waals surface area contributed by atoms with Crippen LogP contribution in [0.25, 0.3) is 11.0 Å². The Balaban J connectivity index is 1.30. The number of fused-ring (bicyclic) bond motifs is 2. The van der Waals surface area contributed by atoms with Crippen LogP contribution in [0.3, 0.4) is 0 Å². The van der Waals surface area contributed by atoms with Crippen LogP contribution in [0.2, 0.25) is 0 Å². The maximum absolute atomic E-state index is 12.9. The first-order valence-electron chi connectivity index (χ1n) is 11.9. The summed E-state index contributed by atoms with van der Waals surface area (Å²) in [5.41, 5.74) is 2.84. The lowest BCUT2D eigenvalue weighted by molar-refractivity contribution is 0.0526. The molecule has 1 fully saturated rings. The third-order valence-corrected chi connectivity index (χ3v) is 6.61. The highest BCUT2D eigenvalue weighted by Gasteiger charge is 2.28. The van der Waals surface area contributed by atoms with Crippen LogP contribution in [0.1, 0.15) is 65.1 Å². The topological polar surface area (TPSA) is 91.7 Å². The fourth-order valence-electron chi connectivity index (χ4n) is 4.93. The van der Waals surface area contributed by atoms with Crippen molar-refractivity contribution >= 4 is 22.9 Å². The van der Waals surface area contributed by atoms with Crippen molar-refractivity contribution in [2.24, 2.45) is 7.05 Å². The number of nitrogens with zero attached hydrogens (tertiary/aromatic N) is 2. The summed E-state index contributed by atoms with van der Waals surface area (Å²) in [4.78, 5) is 29.9. The molecule has 0 spiro atoms. The van der Waals surface area contributed by atoms with Gasteiger partial charge in [0.2, 0.25) is 0 Å². The first-order chi connectivity index (χ1) is 16.5. The van der Waals surface area contributed by atoms with Gasteiger partial charge in [-0.2, -0.15) is 0 Å². The molecule has 2 atom stereocenters. The van der Waals surface area contributed by atoms with Crippen molar-refractivity contribution in [2.75, 3.05) is 19.8 Å². The molecule has 0 bridgehead atoms. The average molecular weight is 464 g/mol. The lowest BCUT2D eigenvalue weighted by Crippen LogP contribution is -2.38. The summed E-state index contributed by atoms with van der Waals surface area (Å²) in [5.74, 6) is 2.05. The van der Waals surface area contributed by atoms with Gasteiger partial charge in [0.15, 0.2) is 11.5 Å². The number of carbonyl (C=O) groups is 2. The molecule has 2 unspecified atom stereocenters. The predicted molar refractivity (Wildman–Crippen MR) is 127 cm³/mol. The number of hydrogen-bond acceptors (Lipinski definition) is 6. The van der Waals surface area contributed by atoms with Crippen molar-refractivity contribution < 1.29 is 23.8 Å². The minimum Gasteiger partial charge on any atom is -0.486 e. The summed E-state index contributed by atoms with van der Waals surface area (Å²) in [6, 6.07) is 10.9. The number of aromatic nitrogens is 2. The van der Waals surface area contributed by atoms with Gasteiger partial charge in [-0.15, -0.1) is 0 Å². The van der Waals surface area contributed by atoms with Crippen LogP contribution in [0, 0.1) is 0 Å². The van der Waals surface area contributed by atoms with E-state index in [2.05, 4.69) is 9.88 Å². The molecular weight excluding hydrogens is 434 g/mol. The summed E-state index contributed by atoms with van der Waals surface area (Å²) in [5, 5.41) is 3.20. The minimum absolute atomic E-state index is 0.0642. The Hall–Kier alpha value is -3.55. The molecule has 1 aliphatic carbocycles. The molecule has 3 aromatic rings. The van der Waals surface area contributed by atoms with E-state index in [1.54, 1.807) is 37.3 Å². The van der Waals surface area contributed by atoms with Gasteiger partial charge in [-0.3, -0.25) is 4.79 Å². The van der Waals surface area contributed by atoms with Gasteiger partial charge >= 0.3 is 5.97 Å². The van der Waals surface area contributed by atoms with E-state index < -0.39 is 0 Å². The van der Waals surface area contributed by atoms with Crippen LogP contribution in [0.15, 0.2) is 36.4 Å². The van der Waals surface area contributed by atoms with Crippen LogP contribution in [0.5, 0.6) is 11.5 Å². The van der Waals surface area contributed by atoms with Gasteiger partial charge in [0.1, 0.15) is 19.0 Å². The van der Waals surface area contributed by atoms with E-state index in [0.717, 1.165) is 42.5 Å². The number of esters is 1. The molecule has 0 radical (unpaired) electrons. The van der Waals surface area contributed by atoms with E-state index in [1.165, 1.54) is 0 Å². The third-order valence-electron chi connectivity index (χ3n) is 6.61. The zero-order valence-corrected chi connectivity index (χ0v) is 19.5. The summed E-state index contributed by atoms with van der Waals surface area (Å²) >= 11 is 0. The fraction of sp³-hybridized carbons (Fsp3) is 0.423. The lowest BCUT2D eigenvalue weighted by atomic mass is 9.85. The summed E-state index contributed by atoms with van der Waals surface area (Å²) in [6.45, 7) is 3.14. The van der Waals surface area contributed by atoms with Gasteiger partial charge in [-0.05, 0) is 62.6 Å². The van der Waals surface area contributed by atoms with E-state index in [9.17, 15) is 9.59 Å². The molecule has 34 heavy (non-hydrogen) atoms. The molecule has 0 saturated heterocycles. The second-order valence-electron chi connectivity index (χ2n) is 8.85. The molecule has 1 amide bonds. The Labute approximate surface area is 198 Å². The number of nitrogens with one attached hydrogen (secondary N) is 1. The number of amides is 1. The van der Waals surface area contributed by atoms with Crippen LogP contribution < -0.4 is 14.8 Å². The number of carbonyl (C=O) groups excluding carboxylic acids is 2. The maximum atomic E-state index is 12.9. The minimum atomic E-state index is -0.337. The van der Waals surface area contributed by atoms with Crippen molar-refractivity contribution in [1.29, 1.82) is 0 Å². The number of ether oxygens (including phenoxy) is 3. The Kier molecular flexibility index (Phi) is 6.13. The van der Waals surface area contributed by atoms with E-state index in [-0.39, 0.29) is 23.8 Å². The van der Waals surface area contributed by atoms with Crippen molar-refractivity contribution in [3.8, 4) is 11.5 Å². The molecule has 2 aromatic carbocycles. The standard InChI is InChI=1S/C26H29N3O5/c1-3-32-26(31)18-7-9-21-20(14-18)28-24(29(21)2)16-5-4-6-19(13-16)27-25(30)17-8-10-22-23(15-17)34-12-11-33-22/h7-10,14-16,19H,3-6,11-13H2,1-2H3,(H,27,30). The van der Waals surface area contributed by atoms with Crippen LogP contribution in [0.4, 0.5) is 0 Å². The van der Waals surface area contributed by atoms with Crippen LogP contribution in [-0.4, -0.2) is 47.3 Å². The SMILES string of the molecule is CCOC(=O)c1ccc2c(c1)nc(C1CCCC(NC(=O)c3ccc4c(c3)OCCO4)C1)n2C. The van der Waals surface area contributed by atoms with Gasteiger partial charge < -0.3 is 24.1 Å². The highest BCUT2D eigenvalue weighted by atomic mass is 16.6. The van der Waals surface area contributed by atoms with E-state index >= 15 is 0 Å². The second kappa shape index (κ2) is 9.37. The molecule has 8 nitrogen and oxygen atoms in total. The number of hydrogen-bond donors (Lipinski definition) is 1. The zero-order chi connectivity index (χ0) is 23.7. The van der Waals surface area contributed by atoms with Crippen molar-refractivity contribution in [1.82, 2.24) is 14.9 Å². The summed E-state index contributed by atoms with van der Waals surface area (Å²) < 4.78 is 18.4. The number of rotatable bonds is 5. The first kappa shape index (κ1) is 22.3. The highest BCUT2D eigenvalue weighted by Crippen LogP contribution is 2.35. The molecule has 5 rings (SSSR count).